The highest BCUT2D eigenvalue weighted by atomic mass is 16.6. The van der Waals surface area contributed by atoms with Gasteiger partial charge in [-0.3, -0.25) is 0 Å². The van der Waals surface area contributed by atoms with Gasteiger partial charge in [0.2, 0.25) is 0 Å². The van der Waals surface area contributed by atoms with Crippen LogP contribution < -0.4 is 5.32 Å². The smallest absolute Gasteiger partial charge is 0.408 e. The molecule has 0 aromatic heterocycles. The van der Waals surface area contributed by atoms with Gasteiger partial charge in [0.15, 0.2) is 0 Å². The first kappa shape index (κ1) is 17.1. The van der Waals surface area contributed by atoms with Crippen LogP contribution in [0.2, 0.25) is 0 Å². The van der Waals surface area contributed by atoms with Crippen molar-refractivity contribution in [3.05, 3.63) is 0 Å². The van der Waals surface area contributed by atoms with Crippen molar-refractivity contribution in [2.24, 2.45) is 0 Å². The molecule has 0 fully saturated rings. The molecule has 0 aliphatic rings. The molecule has 0 radical (unpaired) electrons. The van der Waals surface area contributed by atoms with Crippen LogP contribution in [-0.2, 0) is 4.74 Å². The van der Waals surface area contributed by atoms with Gasteiger partial charge in [0, 0.05) is 6.42 Å². The van der Waals surface area contributed by atoms with Gasteiger partial charge in [-0.15, -0.1) is 0 Å². The van der Waals surface area contributed by atoms with E-state index in [1.165, 1.54) is 0 Å². The highest BCUT2D eigenvalue weighted by molar-refractivity contribution is 5.68. The van der Waals surface area contributed by atoms with Gasteiger partial charge < -0.3 is 30.5 Å². The largest absolute Gasteiger partial charge is 0.444 e. The maximum atomic E-state index is 11.6. The zero-order valence-electron chi connectivity index (χ0n) is 11.0. The molecule has 0 heterocycles. The van der Waals surface area contributed by atoms with Crippen molar-refractivity contribution in [1.29, 1.82) is 0 Å². The molecular weight excluding hydrogens is 242 g/mol. The summed E-state index contributed by atoms with van der Waals surface area (Å²) in [6.07, 6.45) is -2.15. The average Bonchev–Trinajstić information content (AvgIpc) is 2.25. The summed E-state index contributed by atoms with van der Waals surface area (Å²) in [4.78, 5) is 11.6. The number of hydrogen-bond acceptors (Lipinski definition) is 6. The molecule has 7 nitrogen and oxygen atoms in total. The van der Waals surface area contributed by atoms with Crippen LogP contribution in [0.4, 0.5) is 4.79 Å². The minimum Gasteiger partial charge on any atom is -0.444 e. The Morgan fingerprint density at radius 1 is 1.22 bits per heavy atom. The first-order chi connectivity index (χ1) is 8.18. The highest BCUT2D eigenvalue weighted by Crippen LogP contribution is 2.14. The fraction of sp³-hybridized carbons (Fsp3) is 0.909. The fourth-order valence-corrected chi connectivity index (χ4v) is 1.34. The number of amides is 1. The molecule has 0 aromatic carbocycles. The molecule has 108 valence electrons. The van der Waals surface area contributed by atoms with Crippen molar-refractivity contribution in [3.63, 3.8) is 0 Å². The SMILES string of the molecule is CC(C)(C)OC(=O)NC(CO)(CO)CC(O)CO. The molecule has 0 aliphatic carbocycles. The lowest BCUT2D eigenvalue weighted by atomic mass is 9.94. The molecule has 0 bridgehead atoms. The Hall–Kier alpha value is -0.890. The lowest BCUT2D eigenvalue weighted by Gasteiger charge is -2.33. The van der Waals surface area contributed by atoms with Crippen LogP contribution in [0.25, 0.3) is 0 Å². The minimum absolute atomic E-state index is 0.185. The van der Waals surface area contributed by atoms with Gasteiger partial charge in [-0.1, -0.05) is 0 Å². The van der Waals surface area contributed by atoms with E-state index in [4.69, 9.17) is 9.84 Å². The standard InChI is InChI=1S/C11H23NO6/c1-10(2,3)18-9(17)12-11(6-14,7-15)4-8(16)5-13/h8,13-16H,4-7H2,1-3H3,(H,12,17). The van der Waals surface area contributed by atoms with Gasteiger partial charge in [0.25, 0.3) is 0 Å². The van der Waals surface area contributed by atoms with Crippen LogP contribution in [0.3, 0.4) is 0 Å². The third kappa shape index (κ3) is 6.15. The first-order valence-corrected chi connectivity index (χ1v) is 5.70. The third-order valence-electron chi connectivity index (χ3n) is 2.21. The average molecular weight is 265 g/mol. The van der Waals surface area contributed by atoms with Crippen molar-refractivity contribution < 1.29 is 30.0 Å². The van der Waals surface area contributed by atoms with E-state index in [0.717, 1.165) is 0 Å². The lowest BCUT2D eigenvalue weighted by molar-refractivity contribution is 0.00195. The van der Waals surface area contributed by atoms with Gasteiger partial charge in [-0.25, -0.2) is 4.79 Å². The van der Waals surface area contributed by atoms with Crippen molar-refractivity contribution >= 4 is 6.09 Å². The Morgan fingerprint density at radius 3 is 2.06 bits per heavy atom. The predicted octanol–water partition coefficient (Wildman–Crippen LogP) is -1.02. The molecule has 1 amide bonds. The van der Waals surface area contributed by atoms with E-state index in [1.807, 2.05) is 0 Å². The van der Waals surface area contributed by atoms with Crippen molar-refractivity contribution in [2.75, 3.05) is 19.8 Å². The molecular formula is C11H23NO6. The molecule has 7 heteroatoms. The Morgan fingerprint density at radius 2 is 1.72 bits per heavy atom. The maximum absolute atomic E-state index is 11.6. The number of nitrogens with one attached hydrogen (secondary N) is 1. The van der Waals surface area contributed by atoms with Crippen LogP contribution in [0.1, 0.15) is 27.2 Å². The van der Waals surface area contributed by atoms with E-state index < -0.39 is 43.2 Å². The van der Waals surface area contributed by atoms with Gasteiger partial charge in [-0.05, 0) is 20.8 Å². The van der Waals surface area contributed by atoms with E-state index in [0.29, 0.717) is 0 Å². The fourth-order valence-electron chi connectivity index (χ4n) is 1.34. The normalized spacial score (nSPS) is 14.2. The van der Waals surface area contributed by atoms with E-state index in [2.05, 4.69) is 5.32 Å². The second-order valence-corrected chi connectivity index (χ2v) is 5.26. The molecule has 0 saturated heterocycles. The topological polar surface area (TPSA) is 119 Å². The Bertz CT molecular complexity index is 259. The van der Waals surface area contributed by atoms with E-state index in [9.17, 15) is 20.1 Å². The van der Waals surface area contributed by atoms with Gasteiger partial charge in [0.1, 0.15) is 5.60 Å². The van der Waals surface area contributed by atoms with Crippen LogP contribution >= 0.6 is 0 Å². The molecule has 0 spiro atoms. The lowest BCUT2D eigenvalue weighted by Crippen LogP contribution is -2.57. The third-order valence-corrected chi connectivity index (χ3v) is 2.21. The van der Waals surface area contributed by atoms with Crippen molar-refractivity contribution in [2.45, 2.75) is 44.4 Å². The summed E-state index contributed by atoms with van der Waals surface area (Å²) in [5, 5.41) is 38.9. The summed E-state index contributed by atoms with van der Waals surface area (Å²) >= 11 is 0. The molecule has 0 aromatic rings. The summed E-state index contributed by atoms with van der Waals surface area (Å²) in [5.74, 6) is 0. The highest BCUT2D eigenvalue weighted by Gasteiger charge is 2.34. The molecule has 5 N–H and O–H groups in total. The summed E-state index contributed by atoms with van der Waals surface area (Å²) in [7, 11) is 0. The molecule has 0 saturated carbocycles. The van der Waals surface area contributed by atoms with E-state index >= 15 is 0 Å². The van der Waals surface area contributed by atoms with Gasteiger partial charge in [-0.2, -0.15) is 0 Å². The molecule has 1 atom stereocenters. The minimum atomic E-state index is -1.43. The second kappa shape index (κ2) is 6.89. The number of aliphatic hydroxyl groups is 4. The van der Waals surface area contributed by atoms with Gasteiger partial charge >= 0.3 is 6.09 Å². The van der Waals surface area contributed by atoms with Crippen LogP contribution in [0, 0.1) is 0 Å². The van der Waals surface area contributed by atoms with Crippen LogP contribution in [0.5, 0.6) is 0 Å². The van der Waals surface area contributed by atoms with E-state index in [1.54, 1.807) is 20.8 Å². The zero-order valence-corrected chi connectivity index (χ0v) is 11.0. The Balaban J connectivity index is 4.65. The zero-order chi connectivity index (χ0) is 14.4. The maximum Gasteiger partial charge on any atom is 0.408 e. The summed E-state index contributed by atoms with van der Waals surface area (Å²) in [6, 6.07) is 0. The number of ether oxygens (including phenoxy) is 1. The Kier molecular flexibility index (Phi) is 6.55. The number of aliphatic hydroxyl groups excluding tert-OH is 4. The van der Waals surface area contributed by atoms with Crippen LogP contribution in [0.15, 0.2) is 0 Å². The summed E-state index contributed by atoms with van der Waals surface area (Å²) < 4.78 is 5.00. The number of carbonyl (C=O) groups excluding carboxylic acids is 1. The quantitative estimate of drug-likeness (QED) is 0.419. The second-order valence-electron chi connectivity index (χ2n) is 5.26. The van der Waals surface area contributed by atoms with E-state index in [-0.39, 0.29) is 6.42 Å². The number of rotatable bonds is 6. The monoisotopic (exact) mass is 265 g/mol. The Labute approximate surface area is 106 Å². The number of alkyl carbamates (subject to hydrolysis) is 1. The molecule has 0 rings (SSSR count). The number of hydrogen-bond donors (Lipinski definition) is 5. The van der Waals surface area contributed by atoms with Crippen molar-refractivity contribution in [3.8, 4) is 0 Å². The summed E-state index contributed by atoms with van der Waals surface area (Å²) in [5.41, 5.74) is -2.14. The summed E-state index contributed by atoms with van der Waals surface area (Å²) in [6.45, 7) is 3.33. The molecule has 0 aliphatic heterocycles. The van der Waals surface area contributed by atoms with Crippen molar-refractivity contribution in [1.82, 2.24) is 5.32 Å². The molecule has 18 heavy (non-hydrogen) atoms. The number of carbonyl (C=O) groups is 1. The van der Waals surface area contributed by atoms with Gasteiger partial charge in [0.05, 0.1) is 31.5 Å². The first-order valence-electron chi connectivity index (χ1n) is 5.70. The molecule has 1 unspecified atom stereocenters. The van der Waals surface area contributed by atoms with Crippen LogP contribution in [-0.4, -0.2) is 63.6 Å². The predicted molar refractivity (Wildman–Crippen MR) is 64.0 cm³/mol.